The predicted molar refractivity (Wildman–Crippen MR) is 186 cm³/mol. The summed E-state index contributed by atoms with van der Waals surface area (Å²) < 4.78 is 18.2. The van der Waals surface area contributed by atoms with Gasteiger partial charge in [-0.25, -0.2) is 0 Å². The van der Waals surface area contributed by atoms with Crippen molar-refractivity contribution in [2.75, 3.05) is 60.6 Å². The van der Waals surface area contributed by atoms with E-state index in [0.717, 1.165) is 61.0 Å². The quantitative estimate of drug-likeness (QED) is 0.167. The topological polar surface area (TPSA) is 51.2 Å². The number of allylic oxidation sites excluding steroid dienone is 1. The van der Waals surface area contributed by atoms with E-state index in [0.29, 0.717) is 44.9 Å². The molecule has 2 saturated heterocycles. The smallest absolute Gasteiger partial charge is 0.237 e. The van der Waals surface area contributed by atoms with Crippen LogP contribution in [0.25, 0.3) is 0 Å². The van der Waals surface area contributed by atoms with Crippen LogP contribution in [-0.2, 0) is 20.8 Å². The Morgan fingerprint density at radius 1 is 1.13 bits per heavy atom. The van der Waals surface area contributed by atoms with Crippen LogP contribution in [0.1, 0.15) is 75.5 Å². The largest absolute Gasteiger partial charge is 0.494 e. The summed E-state index contributed by atoms with van der Waals surface area (Å²) in [5, 5.41) is 0. The van der Waals surface area contributed by atoms with E-state index < -0.39 is 0 Å². The van der Waals surface area contributed by atoms with Crippen LogP contribution in [0, 0.1) is 6.92 Å². The number of carbonyl (C=O) groups excluding carboxylic acids is 1. The molecule has 0 radical (unpaired) electrons. The third kappa shape index (κ3) is 11.4. The van der Waals surface area contributed by atoms with Gasteiger partial charge in [-0.2, -0.15) is 0 Å². The molecule has 248 valence electrons. The number of rotatable bonds is 14. The Bertz CT molecular complexity index is 1240. The molecule has 2 heterocycles. The third-order valence-electron chi connectivity index (χ3n) is 8.67. The van der Waals surface area contributed by atoms with Crippen LogP contribution in [-0.4, -0.2) is 88.6 Å². The Morgan fingerprint density at radius 2 is 1.87 bits per heavy atom. The number of likely N-dealkylation sites (tertiary alicyclic amines) is 1. The number of ether oxygens (including phenoxy) is 3. The number of benzene rings is 2. The summed E-state index contributed by atoms with van der Waals surface area (Å²) >= 11 is 0. The highest BCUT2D eigenvalue weighted by Crippen LogP contribution is 2.36. The van der Waals surface area contributed by atoms with Crippen LogP contribution in [0.5, 0.6) is 5.75 Å². The van der Waals surface area contributed by atoms with E-state index >= 15 is 0 Å². The number of carbonyl (C=O) groups is 1. The Morgan fingerprint density at radius 3 is 2.51 bits per heavy atom. The van der Waals surface area contributed by atoms with Crippen molar-refractivity contribution in [3.05, 3.63) is 77.5 Å². The molecule has 7 heteroatoms. The number of nitrogens with zero attached hydrogens (tertiary/aromatic N) is 3. The summed E-state index contributed by atoms with van der Waals surface area (Å²) in [5.41, 5.74) is 7.45. The molecule has 2 aromatic rings. The van der Waals surface area contributed by atoms with E-state index in [1.54, 1.807) is 6.08 Å². The van der Waals surface area contributed by atoms with Crippen molar-refractivity contribution in [1.29, 1.82) is 0 Å². The van der Waals surface area contributed by atoms with E-state index in [2.05, 4.69) is 99.6 Å². The molecule has 1 amide bonds. The Kier molecular flexibility index (Phi) is 14.8. The number of aryl methyl sites for hydroxylation is 1. The monoisotopic (exact) mass is 620 g/mol. The predicted octanol–water partition coefficient (Wildman–Crippen LogP) is 7.08. The van der Waals surface area contributed by atoms with E-state index in [9.17, 15) is 4.79 Å². The standard InChI is InChI=1S/C34H52N3O4.C4H6/c1-7-9-17-35(23-27-11-10-12-31(20-27)37(4,5)6)33(38)25-36-24-29(21-30(36)15-16-34-40-18-19-41-34)28-14-13-26(3)32(22-28)39-8-2;1-3-4-2/h10-14,20,22,29-30,34H,7-9,15-19,21,23-25H2,1-6H3;4H,1H2,2H3/q+1;. The second-order valence-corrected chi connectivity index (χ2v) is 13.1. The van der Waals surface area contributed by atoms with Crippen molar-refractivity contribution in [2.24, 2.45) is 0 Å². The zero-order chi connectivity index (χ0) is 32.8. The molecule has 2 aliphatic rings. The fourth-order valence-electron chi connectivity index (χ4n) is 6.01. The lowest BCUT2D eigenvalue weighted by atomic mass is 9.94. The molecule has 4 rings (SSSR count). The van der Waals surface area contributed by atoms with Gasteiger partial charge in [0.25, 0.3) is 0 Å². The van der Waals surface area contributed by atoms with Crippen molar-refractivity contribution in [1.82, 2.24) is 14.3 Å². The molecule has 2 aliphatic heterocycles. The molecular formula is C38H58N3O4+. The van der Waals surface area contributed by atoms with Gasteiger partial charge in [-0.15, -0.1) is 5.73 Å². The van der Waals surface area contributed by atoms with Gasteiger partial charge in [0.05, 0.1) is 47.5 Å². The lowest BCUT2D eigenvalue weighted by Crippen LogP contribution is -2.42. The molecule has 2 aromatic carbocycles. The number of hydrogen-bond acceptors (Lipinski definition) is 5. The fraction of sp³-hybridized carbons (Fsp3) is 0.579. The lowest BCUT2D eigenvalue weighted by molar-refractivity contribution is -0.133. The van der Waals surface area contributed by atoms with E-state index in [1.807, 2.05) is 13.8 Å². The van der Waals surface area contributed by atoms with E-state index in [-0.39, 0.29) is 12.2 Å². The Balaban J connectivity index is 0.00000130. The van der Waals surface area contributed by atoms with Gasteiger partial charge in [-0.05, 0) is 87.3 Å². The summed E-state index contributed by atoms with van der Waals surface area (Å²) in [6.45, 7) is 16.2. The highest BCUT2D eigenvalue weighted by molar-refractivity contribution is 5.78. The first-order chi connectivity index (χ1) is 21.6. The van der Waals surface area contributed by atoms with Crippen molar-refractivity contribution >= 4 is 11.6 Å². The molecule has 0 aliphatic carbocycles. The molecule has 0 saturated carbocycles. The second kappa shape index (κ2) is 18.3. The van der Waals surface area contributed by atoms with Gasteiger partial charge in [0, 0.05) is 31.7 Å². The van der Waals surface area contributed by atoms with Gasteiger partial charge in [-0.1, -0.05) is 44.2 Å². The molecule has 2 atom stereocenters. The summed E-state index contributed by atoms with van der Waals surface area (Å²) in [6.07, 6.45) is 6.55. The summed E-state index contributed by atoms with van der Waals surface area (Å²) in [5.74, 6) is 1.54. The average molecular weight is 621 g/mol. The average Bonchev–Trinajstić information content (AvgIpc) is 3.69. The maximum Gasteiger partial charge on any atom is 0.237 e. The van der Waals surface area contributed by atoms with Gasteiger partial charge >= 0.3 is 0 Å². The highest BCUT2D eigenvalue weighted by atomic mass is 16.7. The van der Waals surface area contributed by atoms with Crippen molar-refractivity contribution in [2.45, 2.75) is 84.6 Å². The Labute approximate surface area is 273 Å². The highest BCUT2D eigenvalue weighted by Gasteiger charge is 2.35. The Hall–Kier alpha value is -2.93. The van der Waals surface area contributed by atoms with Crippen LogP contribution in [0.3, 0.4) is 0 Å². The maximum atomic E-state index is 13.9. The van der Waals surface area contributed by atoms with E-state index in [4.69, 9.17) is 14.2 Å². The van der Waals surface area contributed by atoms with Crippen molar-refractivity contribution in [3.8, 4) is 5.75 Å². The molecule has 0 bridgehead atoms. The first-order valence-corrected chi connectivity index (χ1v) is 16.8. The molecule has 0 spiro atoms. The second-order valence-electron chi connectivity index (χ2n) is 13.1. The summed E-state index contributed by atoms with van der Waals surface area (Å²) in [7, 11) is 6.53. The maximum absolute atomic E-state index is 13.9. The molecular weight excluding hydrogens is 562 g/mol. The number of quaternary nitrogens is 1. The minimum Gasteiger partial charge on any atom is -0.494 e. The molecule has 2 fully saturated rings. The van der Waals surface area contributed by atoms with Gasteiger partial charge in [0.1, 0.15) is 11.4 Å². The first kappa shape index (κ1) is 36.5. The van der Waals surface area contributed by atoms with Gasteiger partial charge < -0.3 is 19.1 Å². The SMILES string of the molecule is C=C=CC.CCCCN(Cc1cccc([N+](C)(C)C)c1)C(=O)CN1CC(c2ccc(C)c(OCC)c2)CC1CCC1OCCO1. The number of hydrogen-bond donors (Lipinski definition) is 0. The van der Waals surface area contributed by atoms with Crippen LogP contribution in [0.15, 0.2) is 60.9 Å². The van der Waals surface area contributed by atoms with Gasteiger partial charge in [0.15, 0.2) is 6.29 Å². The normalized spacial score (nSPS) is 18.6. The van der Waals surface area contributed by atoms with Crippen LogP contribution >= 0.6 is 0 Å². The number of unbranched alkanes of at least 4 members (excludes halogenated alkanes) is 1. The van der Waals surface area contributed by atoms with Crippen molar-refractivity contribution < 1.29 is 19.0 Å². The van der Waals surface area contributed by atoms with Crippen molar-refractivity contribution in [3.63, 3.8) is 0 Å². The summed E-state index contributed by atoms with van der Waals surface area (Å²) in [4.78, 5) is 18.4. The minimum absolute atomic E-state index is 0.120. The zero-order valence-corrected chi connectivity index (χ0v) is 29.0. The molecule has 0 aromatic heterocycles. The minimum atomic E-state index is -0.120. The van der Waals surface area contributed by atoms with Gasteiger partial charge in [-0.3, -0.25) is 14.2 Å². The third-order valence-corrected chi connectivity index (χ3v) is 8.67. The number of amides is 1. The summed E-state index contributed by atoms with van der Waals surface area (Å²) in [6, 6.07) is 15.6. The fourth-order valence-corrected chi connectivity index (χ4v) is 6.01. The molecule has 45 heavy (non-hydrogen) atoms. The van der Waals surface area contributed by atoms with Crippen LogP contribution < -0.4 is 9.22 Å². The molecule has 7 nitrogen and oxygen atoms in total. The molecule has 0 N–H and O–H groups in total. The van der Waals surface area contributed by atoms with Crippen LogP contribution in [0.4, 0.5) is 5.69 Å². The van der Waals surface area contributed by atoms with E-state index in [1.165, 1.54) is 16.8 Å². The first-order valence-electron chi connectivity index (χ1n) is 16.8. The molecule has 2 unspecified atom stereocenters. The van der Waals surface area contributed by atoms with Crippen LogP contribution in [0.2, 0.25) is 0 Å². The zero-order valence-electron chi connectivity index (χ0n) is 29.0. The lowest BCUT2D eigenvalue weighted by Gasteiger charge is -2.29. The van der Waals surface area contributed by atoms with Gasteiger partial charge in [0.2, 0.25) is 5.91 Å².